The maximum Gasteiger partial charge on any atom is 0.0561 e. The van der Waals surface area contributed by atoms with E-state index in [0.29, 0.717) is 0 Å². The van der Waals surface area contributed by atoms with Gasteiger partial charge in [0.25, 0.3) is 0 Å². The highest BCUT2D eigenvalue weighted by Gasteiger charge is 2.25. The van der Waals surface area contributed by atoms with Gasteiger partial charge in [-0.05, 0) is 173 Å². The van der Waals surface area contributed by atoms with Crippen LogP contribution in [-0.2, 0) is 0 Å². The van der Waals surface area contributed by atoms with Crippen LogP contribution in [0.1, 0.15) is 31.4 Å². The summed E-state index contributed by atoms with van der Waals surface area (Å²) in [6, 6.07) is 67.3. The maximum absolute atomic E-state index is 4.06. The first-order valence-electron chi connectivity index (χ1n) is 21.4. The van der Waals surface area contributed by atoms with E-state index >= 15 is 0 Å². The molecule has 306 valence electrons. The quantitative estimate of drug-likeness (QED) is 0.102. The molecule has 7 aromatic rings. The average molecular weight is 807 g/mol. The van der Waals surface area contributed by atoms with E-state index in [1.165, 1.54) is 16.7 Å². The molecule has 8 rings (SSSR count). The number of anilines is 9. The summed E-state index contributed by atoms with van der Waals surface area (Å²) >= 11 is 0. The molecule has 0 aromatic heterocycles. The lowest BCUT2D eigenvalue weighted by Gasteiger charge is -2.36. The van der Waals surface area contributed by atoms with Gasteiger partial charge in [0.15, 0.2) is 0 Å². The second-order valence-corrected chi connectivity index (χ2v) is 15.9. The minimum absolute atomic E-state index is 0.0485. The zero-order valence-corrected chi connectivity index (χ0v) is 36.1. The molecule has 0 fully saturated rings. The minimum atomic E-state index is 0.0485. The van der Waals surface area contributed by atoms with Gasteiger partial charge in [0.2, 0.25) is 0 Å². The van der Waals surface area contributed by atoms with Crippen molar-refractivity contribution < 1.29 is 0 Å². The van der Waals surface area contributed by atoms with Crippen LogP contribution in [0.15, 0.2) is 248 Å². The number of nitrogens with zero attached hydrogens (tertiary/aromatic N) is 4. The number of allylic oxidation sites excluding steroid dienone is 5. The standard InChI is InChI=1S/C58H54N4/c1-6-18-56(41-44(2)3)60(47-21-10-7-11-22-47)53-35-29-50(30-36-53)59(51-31-37-54(38-32-51)61(48-23-12-8-13-24-48)57-27-16-19-45(4)42-57)52-33-39-55(40-34-52)62(49-25-14-9-15-26-49)58-28-17-20-46(5)43-58/h6-29,31-43,50H,1,30H2,2-5H3/b56-18+. The molecule has 0 spiro atoms. The SMILES string of the molecule is C=C/C=C(\C=C(C)C)N(C1=CCC(N(c2ccc(N(c3ccccc3)c3cccc(C)c3)cc2)c2ccc(N(c3ccccc3)c3cccc(C)c3)cc2)C=C1)c1ccccc1. The van der Waals surface area contributed by atoms with E-state index in [9.17, 15) is 0 Å². The van der Waals surface area contributed by atoms with Crippen LogP contribution in [0.2, 0.25) is 0 Å². The van der Waals surface area contributed by atoms with Crippen LogP contribution >= 0.6 is 0 Å². The summed E-state index contributed by atoms with van der Waals surface area (Å²) in [5, 5.41) is 0. The number of rotatable bonds is 14. The molecule has 1 unspecified atom stereocenters. The molecule has 0 saturated heterocycles. The van der Waals surface area contributed by atoms with Gasteiger partial charge in [0.1, 0.15) is 0 Å². The van der Waals surface area contributed by atoms with Crippen molar-refractivity contribution in [2.24, 2.45) is 0 Å². The third-order valence-electron chi connectivity index (χ3n) is 11.0. The fourth-order valence-corrected chi connectivity index (χ4v) is 8.22. The highest BCUT2D eigenvalue weighted by molar-refractivity contribution is 5.81. The Morgan fingerprint density at radius 2 is 0.919 bits per heavy atom. The number of benzene rings is 7. The first kappa shape index (κ1) is 41.2. The van der Waals surface area contributed by atoms with Crippen molar-refractivity contribution in [1.82, 2.24) is 0 Å². The number of hydrogen-bond donors (Lipinski definition) is 0. The lowest BCUT2D eigenvalue weighted by atomic mass is 10.0. The van der Waals surface area contributed by atoms with Crippen molar-refractivity contribution in [2.75, 3.05) is 19.6 Å². The Kier molecular flexibility index (Phi) is 12.8. The Hall–Kier alpha value is -7.56. The fourth-order valence-electron chi connectivity index (χ4n) is 8.22. The lowest BCUT2D eigenvalue weighted by molar-refractivity contribution is 0.775. The van der Waals surface area contributed by atoms with E-state index < -0.39 is 0 Å². The first-order valence-corrected chi connectivity index (χ1v) is 21.4. The van der Waals surface area contributed by atoms with Gasteiger partial charge < -0.3 is 19.6 Å². The molecular formula is C58H54N4. The fraction of sp³-hybridized carbons (Fsp3) is 0.103. The molecule has 1 aliphatic carbocycles. The number of aryl methyl sites for hydroxylation is 2. The Morgan fingerprint density at radius 1 is 0.500 bits per heavy atom. The molecule has 0 amide bonds. The van der Waals surface area contributed by atoms with Crippen LogP contribution < -0.4 is 19.6 Å². The van der Waals surface area contributed by atoms with E-state index in [0.717, 1.165) is 69.0 Å². The summed E-state index contributed by atoms with van der Waals surface area (Å²) in [5.74, 6) is 0. The average Bonchev–Trinajstić information content (AvgIpc) is 3.29. The van der Waals surface area contributed by atoms with Gasteiger partial charge in [-0.1, -0.05) is 109 Å². The monoisotopic (exact) mass is 806 g/mol. The molecule has 0 N–H and O–H groups in total. The molecule has 4 heteroatoms. The van der Waals surface area contributed by atoms with Gasteiger partial charge in [0, 0.05) is 62.6 Å². The molecule has 1 aliphatic rings. The maximum atomic E-state index is 4.06. The summed E-state index contributed by atoms with van der Waals surface area (Å²) in [4.78, 5) is 9.45. The molecule has 7 aromatic carbocycles. The van der Waals surface area contributed by atoms with E-state index in [-0.39, 0.29) is 6.04 Å². The predicted molar refractivity (Wildman–Crippen MR) is 266 cm³/mol. The lowest BCUT2D eigenvalue weighted by Crippen LogP contribution is -2.32. The summed E-state index contributed by atoms with van der Waals surface area (Å²) < 4.78 is 0. The Balaban J connectivity index is 1.20. The summed E-state index contributed by atoms with van der Waals surface area (Å²) in [7, 11) is 0. The summed E-state index contributed by atoms with van der Waals surface area (Å²) in [6.45, 7) is 12.6. The zero-order valence-electron chi connectivity index (χ0n) is 36.1. The van der Waals surface area contributed by atoms with Crippen LogP contribution in [0, 0.1) is 13.8 Å². The van der Waals surface area contributed by atoms with E-state index in [4.69, 9.17) is 0 Å². The first-order chi connectivity index (χ1) is 30.4. The Labute approximate surface area is 368 Å². The molecule has 0 aliphatic heterocycles. The summed E-state index contributed by atoms with van der Waals surface area (Å²) in [6.07, 6.45) is 14.0. The van der Waals surface area contributed by atoms with E-state index in [1.807, 2.05) is 6.08 Å². The van der Waals surface area contributed by atoms with Crippen molar-refractivity contribution in [3.63, 3.8) is 0 Å². The van der Waals surface area contributed by atoms with Crippen LogP contribution in [-0.4, -0.2) is 6.04 Å². The van der Waals surface area contributed by atoms with Crippen molar-refractivity contribution in [3.05, 3.63) is 259 Å². The van der Waals surface area contributed by atoms with Crippen LogP contribution in [0.25, 0.3) is 0 Å². The minimum Gasteiger partial charge on any atom is -0.334 e. The predicted octanol–water partition coefficient (Wildman–Crippen LogP) is 16.1. The van der Waals surface area contributed by atoms with Gasteiger partial charge >= 0.3 is 0 Å². The largest absolute Gasteiger partial charge is 0.334 e. The third-order valence-corrected chi connectivity index (χ3v) is 11.0. The van der Waals surface area contributed by atoms with Crippen molar-refractivity contribution >= 4 is 51.2 Å². The van der Waals surface area contributed by atoms with Crippen molar-refractivity contribution in [1.29, 1.82) is 0 Å². The molecule has 4 nitrogen and oxygen atoms in total. The van der Waals surface area contributed by atoms with Crippen LogP contribution in [0.5, 0.6) is 0 Å². The Bertz CT molecular complexity index is 2580. The molecule has 0 saturated carbocycles. The number of hydrogen-bond acceptors (Lipinski definition) is 4. The van der Waals surface area contributed by atoms with Gasteiger partial charge in [-0.2, -0.15) is 0 Å². The van der Waals surface area contributed by atoms with Crippen molar-refractivity contribution in [2.45, 2.75) is 40.2 Å². The molecule has 1 atom stereocenters. The second-order valence-electron chi connectivity index (χ2n) is 15.9. The number of para-hydroxylation sites is 3. The van der Waals surface area contributed by atoms with Gasteiger partial charge in [-0.25, -0.2) is 0 Å². The molecule has 62 heavy (non-hydrogen) atoms. The zero-order chi connectivity index (χ0) is 42.8. The smallest absolute Gasteiger partial charge is 0.0561 e. The van der Waals surface area contributed by atoms with E-state index in [2.05, 4.69) is 272 Å². The normalized spacial score (nSPS) is 13.5. The highest BCUT2D eigenvalue weighted by Crippen LogP contribution is 2.41. The van der Waals surface area contributed by atoms with Crippen LogP contribution in [0.4, 0.5) is 51.2 Å². The van der Waals surface area contributed by atoms with E-state index in [1.54, 1.807) is 0 Å². The Morgan fingerprint density at radius 3 is 1.32 bits per heavy atom. The molecular weight excluding hydrogens is 753 g/mol. The summed E-state index contributed by atoms with van der Waals surface area (Å²) in [5.41, 5.74) is 15.8. The van der Waals surface area contributed by atoms with Gasteiger partial charge in [-0.3, -0.25) is 0 Å². The van der Waals surface area contributed by atoms with Crippen molar-refractivity contribution in [3.8, 4) is 0 Å². The van der Waals surface area contributed by atoms with Gasteiger partial charge in [0.05, 0.1) is 6.04 Å². The topological polar surface area (TPSA) is 13.0 Å². The molecule has 0 radical (unpaired) electrons. The highest BCUT2D eigenvalue weighted by atomic mass is 15.2. The van der Waals surface area contributed by atoms with Crippen LogP contribution in [0.3, 0.4) is 0 Å². The third kappa shape index (κ3) is 9.41. The second kappa shape index (κ2) is 19.2. The molecule has 0 heterocycles. The molecule has 0 bridgehead atoms. The van der Waals surface area contributed by atoms with Gasteiger partial charge in [-0.15, -0.1) is 0 Å².